The summed E-state index contributed by atoms with van der Waals surface area (Å²) in [5.74, 6) is -0.103. The number of nitrogens with one attached hydrogen (secondary N) is 1. The largest absolute Gasteiger partial charge is 0.378 e. The molecule has 17 heavy (non-hydrogen) atoms. The Morgan fingerprint density at radius 3 is 2.94 bits per heavy atom. The molecule has 1 aromatic carbocycles. The highest BCUT2D eigenvalue weighted by Gasteiger charge is 2.23. The van der Waals surface area contributed by atoms with Gasteiger partial charge >= 0.3 is 0 Å². The standard InChI is InChI=1S/C14H19FN2/c15-13-5-3-4-11-6-7-12(16-14(11)13)10-17-8-1-2-9-17/h3-5,12,16H,1-2,6-10H2. The fourth-order valence-corrected chi connectivity index (χ4v) is 2.96. The second kappa shape index (κ2) is 4.65. The van der Waals surface area contributed by atoms with Gasteiger partial charge in [0.05, 0.1) is 5.69 Å². The van der Waals surface area contributed by atoms with Gasteiger partial charge in [-0.15, -0.1) is 0 Å². The number of para-hydroxylation sites is 1. The van der Waals surface area contributed by atoms with E-state index in [9.17, 15) is 4.39 Å². The summed E-state index contributed by atoms with van der Waals surface area (Å²) in [5, 5.41) is 3.38. The monoisotopic (exact) mass is 234 g/mol. The SMILES string of the molecule is Fc1cccc2c1NC(CN1CCCC1)CC2. The Bertz CT molecular complexity index is 399. The van der Waals surface area contributed by atoms with Gasteiger partial charge in [0, 0.05) is 12.6 Å². The van der Waals surface area contributed by atoms with E-state index in [1.807, 2.05) is 6.07 Å². The number of aryl methyl sites for hydroxylation is 1. The summed E-state index contributed by atoms with van der Waals surface area (Å²) in [6.07, 6.45) is 4.75. The van der Waals surface area contributed by atoms with E-state index in [2.05, 4.69) is 10.2 Å². The van der Waals surface area contributed by atoms with Crippen molar-refractivity contribution in [2.24, 2.45) is 0 Å². The molecule has 1 saturated heterocycles. The molecule has 2 heterocycles. The van der Waals surface area contributed by atoms with Gasteiger partial charge in [-0.3, -0.25) is 0 Å². The average molecular weight is 234 g/mol. The number of hydrogen-bond acceptors (Lipinski definition) is 2. The molecule has 1 aromatic rings. The van der Waals surface area contributed by atoms with Crippen molar-refractivity contribution in [2.45, 2.75) is 31.7 Å². The minimum atomic E-state index is -0.103. The molecule has 1 unspecified atom stereocenters. The van der Waals surface area contributed by atoms with E-state index >= 15 is 0 Å². The summed E-state index contributed by atoms with van der Waals surface area (Å²) in [6, 6.07) is 5.79. The van der Waals surface area contributed by atoms with Gasteiger partial charge in [0.1, 0.15) is 5.82 Å². The maximum Gasteiger partial charge on any atom is 0.146 e. The number of hydrogen-bond donors (Lipinski definition) is 1. The van der Waals surface area contributed by atoms with Gasteiger partial charge < -0.3 is 10.2 Å². The van der Waals surface area contributed by atoms with Gasteiger partial charge in [0.15, 0.2) is 0 Å². The number of fused-ring (bicyclic) bond motifs is 1. The van der Waals surface area contributed by atoms with Crippen molar-refractivity contribution in [2.75, 3.05) is 25.0 Å². The van der Waals surface area contributed by atoms with Crippen molar-refractivity contribution in [3.05, 3.63) is 29.6 Å². The minimum Gasteiger partial charge on any atom is -0.378 e. The van der Waals surface area contributed by atoms with E-state index in [1.165, 1.54) is 25.9 Å². The molecule has 0 bridgehead atoms. The molecule has 2 aliphatic heterocycles. The lowest BCUT2D eigenvalue weighted by Gasteiger charge is -2.30. The first kappa shape index (κ1) is 11.0. The number of benzene rings is 1. The highest BCUT2D eigenvalue weighted by molar-refractivity contribution is 5.55. The molecule has 0 spiro atoms. The number of likely N-dealkylation sites (tertiary alicyclic amines) is 1. The van der Waals surface area contributed by atoms with Crippen molar-refractivity contribution < 1.29 is 4.39 Å². The van der Waals surface area contributed by atoms with Crippen molar-refractivity contribution in [1.82, 2.24) is 4.90 Å². The molecule has 0 amide bonds. The highest BCUT2D eigenvalue weighted by atomic mass is 19.1. The van der Waals surface area contributed by atoms with Crippen molar-refractivity contribution >= 4 is 5.69 Å². The summed E-state index contributed by atoms with van der Waals surface area (Å²) in [4.78, 5) is 2.49. The predicted molar refractivity (Wildman–Crippen MR) is 67.8 cm³/mol. The molecule has 2 nitrogen and oxygen atoms in total. The van der Waals surface area contributed by atoms with Crippen LogP contribution in [0.25, 0.3) is 0 Å². The molecular formula is C14H19FN2. The van der Waals surface area contributed by atoms with Crippen LogP contribution in [0.2, 0.25) is 0 Å². The Labute approximate surface area is 102 Å². The molecule has 1 N–H and O–H groups in total. The number of nitrogens with zero attached hydrogens (tertiary/aromatic N) is 1. The molecule has 0 aromatic heterocycles. The highest BCUT2D eigenvalue weighted by Crippen LogP contribution is 2.28. The molecule has 1 atom stereocenters. The lowest BCUT2D eigenvalue weighted by atomic mass is 9.97. The second-order valence-electron chi connectivity index (χ2n) is 5.16. The third kappa shape index (κ3) is 2.29. The molecular weight excluding hydrogens is 215 g/mol. The number of rotatable bonds is 2. The van der Waals surface area contributed by atoms with E-state index in [1.54, 1.807) is 12.1 Å². The maximum absolute atomic E-state index is 13.7. The topological polar surface area (TPSA) is 15.3 Å². The smallest absolute Gasteiger partial charge is 0.146 e. The van der Waals surface area contributed by atoms with Gasteiger partial charge in [0.2, 0.25) is 0 Å². The van der Waals surface area contributed by atoms with Crippen LogP contribution in [0, 0.1) is 5.82 Å². The van der Waals surface area contributed by atoms with Crippen LogP contribution in [0.4, 0.5) is 10.1 Å². The Balaban J connectivity index is 1.69. The van der Waals surface area contributed by atoms with Gasteiger partial charge in [-0.1, -0.05) is 12.1 Å². The van der Waals surface area contributed by atoms with Crippen molar-refractivity contribution in [1.29, 1.82) is 0 Å². The molecule has 0 radical (unpaired) electrons. The van der Waals surface area contributed by atoms with Crippen LogP contribution < -0.4 is 5.32 Å². The van der Waals surface area contributed by atoms with E-state index in [0.29, 0.717) is 6.04 Å². The van der Waals surface area contributed by atoms with Crippen LogP contribution in [-0.2, 0) is 6.42 Å². The van der Waals surface area contributed by atoms with Crippen LogP contribution in [0.3, 0.4) is 0 Å². The van der Waals surface area contributed by atoms with E-state index in [0.717, 1.165) is 30.6 Å². The first-order valence-corrected chi connectivity index (χ1v) is 6.59. The maximum atomic E-state index is 13.7. The van der Waals surface area contributed by atoms with E-state index < -0.39 is 0 Å². The van der Waals surface area contributed by atoms with Gasteiger partial charge in [-0.2, -0.15) is 0 Å². The van der Waals surface area contributed by atoms with Gasteiger partial charge in [0.25, 0.3) is 0 Å². The lowest BCUT2D eigenvalue weighted by molar-refractivity contribution is 0.313. The zero-order chi connectivity index (χ0) is 11.7. The van der Waals surface area contributed by atoms with E-state index in [4.69, 9.17) is 0 Å². The van der Waals surface area contributed by atoms with Crippen molar-refractivity contribution in [3.8, 4) is 0 Å². The Morgan fingerprint density at radius 1 is 1.29 bits per heavy atom. The first-order chi connectivity index (χ1) is 8.33. The molecule has 2 aliphatic rings. The molecule has 3 heteroatoms. The normalized spacial score (nSPS) is 24.4. The van der Waals surface area contributed by atoms with Crippen LogP contribution in [-0.4, -0.2) is 30.6 Å². The van der Waals surface area contributed by atoms with Crippen LogP contribution >= 0.6 is 0 Å². The quantitative estimate of drug-likeness (QED) is 0.846. The van der Waals surface area contributed by atoms with Gasteiger partial charge in [-0.05, 0) is 50.4 Å². The van der Waals surface area contributed by atoms with Crippen molar-refractivity contribution in [3.63, 3.8) is 0 Å². The van der Waals surface area contributed by atoms with Crippen LogP contribution in [0.1, 0.15) is 24.8 Å². The minimum absolute atomic E-state index is 0.103. The molecule has 92 valence electrons. The summed E-state index contributed by atoms with van der Waals surface area (Å²) in [7, 11) is 0. The van der Waals surface area contributed by atoms with Crippen LogP contribution in [0.5, 0.6) is 0 Å². The second-order valence-corrected chi connectivity index (χ2v) is 5.16. The molecule has 0 aliphatic carbocycles. The first-order valence-electron chi connectivity index (χ1n) is 6.59. The fourth-order valence-electron chi connectivity index (χ4n) is 2.96. The number of halogens is 1. The third-order valence-corrected chi connectivity index (χ3v) is 3.89. The lowest BCUT2D eigenvalue weighted by Crippen LogP contribution is -2.37. The molecule has 1 fully saturated rings. The van der Waals surface area contributed by atoms with Crippen LogP contribution in [0.15, 0.2) is 18.2 Å². The average Bonchev–Trinajstić information content (AvgIpc) is 2.83. The summed E-state index contributed by atoms with van der Waals surface area (Å²) >= 11 is 0. The zero-order valence-electron chi connectivity index (χ0n) is 10.1. The summed E-state index contributed by atoms with van der Waals surface area (Å²) in [5.41, 5.74) is 1.87. The predicted octanol–water partition coefficient (Wildman–Crippen LogP) is 2.65. The Kier molecular flexibility index (Phi) is 3.02. The summed E-state index contributed by atoms with van der Waals surface area (Å²) < 4.78 is 13.7. The molecule has 3 rings (SSSR count). The number of anilines is 1. The Morgan fingerprint density at radius 2 is 2.12 bits per heavy atom. The third-order valence-electron chi connectivity index (χ3n) is 3.89. The summed E-state index contributed by atoms with van der Waals surface area (Å²) in [6.45, 7) is 3.48. The fraction of sp³-hybridized carbons (Fsp3) is 0.571. The molecule has 0 saturated carbocycles. The van der Waals surface area contributed by atoms with E-state index in [-0.39, 0.29) is 5.82 Å². The zero-order valence-corrected chi connectivity index (χ0v) is 10.1. The Hall–Kier alpha value is -1.09. The van der Waals surface area contributed by atoms with Gasteiger partial charge in [-0.25, -0.2) is 4.39 Å².